The van der Waals surface area contributed by atoms with Gasteiger partial charge >= 0.3 is 0 Å². The number of anilines is 1. The number of pyridine rings is 1. The highest BCUT2D eigenvalue weighted by Crippen LogP contribution is 2.16. The minimum absolute atomic E-state index is 0.153. The van der Waals surface area contributed by atoms with Crippen LogP contribution in [0, 0.1) is 31.0 Å². The van der Waals surface area contributed by atoms with Crippen LogP contribution in [0.3, 0.4) is 0 Å². The van der Waals surface area contributed by atoms with Crippen molar-refractivity contribution in [1.29, 1.82) is 5.26 Å². The van der Waals surface area contributed by atoms with Gasteiger partial charge in [0.1, 0.15) is 17.6 Å². The molecule has 2 rings (SSSR count). The SMILES string of the molecule is Cc1cc(CNc2ccnc(C#N)c2)cc(C)c1F. The third kappa shape index (κ3) is 3.08. The largest absolute Gasteiger partial charge is 0.381 e. The van der Waals surface area contributed by atoms with E-state index < -0.39 is 0 Å². The molecule has 1 heterocycles. The second-order valence-electron chi connectivity index (χ2n) is 4.44. The van der Waals surface area contributed by atoms with Crippen LogP contribution in [0.15, 0.2) is 30.5 Å². The highest BCUT2D eigenvalue weighted by Gasteiger charge is 2.04. The van der Waals surface area contributed by atoms with Gasteiger partial charge in [-0.1, -0.05) is 12.1 Å². The number of benzene rings is 1. The van der Waals surface area contributed by atoms with E-state index in [0.29, 0.717) is 23.4 Å². The molecule has 0 spiro atoms. The second-order valence-corrected chi connectivity index (χ2v) is 4.44. The van der Waals surface area contributed by atoms with E-state index in [9.17, 15) is 4.39 Å². The predicted molar refractivity (Wildman–Crippen MR) is 72.2 cm³/mol. The fourth-order valence-corrected chi connectivity index (χ4v) is 1.94. The summed E-state index contributed by atoms with van der Waals surface area (Å²) in [5, 5.41) is 12.0. The molecular formula is C15H14FN3. The Morgan fingerprint density at radius 2 is 1.95 bits per heavy atom. The summed E-state index contributed by atoms with van der Waals surface area (Å²) in [5.74, 6) is -0.153. The molecule has 0 saturated heterocycles. The van der Waals surface area contributed by atoms with Gasteiger partial charge in [0.05, 0.1) is 0 Å². The Morgan fingerprint density at radius 1 is 1.26 bits per heavy atom. The number of aryl methyl sites for hydroxylation is 2. The quantitative estimate of drug-likeness (QED) is 0.915. The average molecular weight is 255 g/mol. The fraction of sp³-hybridized carbons (Fsp3) is 0.200. The number of nitrogens with zero attached hydrogens (tertiary/aromatic N) is 2. The lowest BCUT2D eigenvalue weighted by Crippen LogP contribution is -2.02. The zero-order valence-electron chi connectivity index (χ0n) is 10.9. The molecule has 3 nitrogen and oxygen atoms in total. The van der Waals surface area contributed by atoms with E-state index in [-0.39, 0.29) is 5.82 Å². The van der Waals surface area contributed by atoms with Crippen LogP contribution in [0.25, 0.3) is 0 Å². The Bertz CT molecular complexity index is 621. The van der Waals surface area contributed by atoms with E-state index in [1.54, 1.807) is 32.2 Å². The van der Waals surface area contributed by atoms with Crippen molar-refractivity contribution in [3.63, 3.8) is 0 Å². The fourth-order valence-electron chi connectivity index (χ4n) is 1.94. The first kappa shape index (κ1) is 13.0. The highest BCUT2D eigenvalue weighted by atomic mass is 19.1. The van der Waals surface area contributed by atoms with Crippen molar-refractivity contribution in [2.24, 2.45) is 0 Å². The summed E-state index contributed by atoms with van der Waals surface area (Å²) < 4.78 is 13.5. The molecule has 0 unspecified atom stereocenters. The molecule has 4 heteroatoms. The minimum Gasteiger partial charge on any atom is -0.381 e. The average Bonchev–Trinajstić information content (AvgIpc) is 2.42. The van der Waals surface area contributed by atoms with Gasteiger partial charge in [0.25, 0.3) is 0 Å². The first-order chi connectivity index (χ1) is 9.10. The van der Waals surface area contributed by atoms with E-state index in [4.69, 9.17) is 5.26 Å². The minimum atomic E-state index is -0.153. The molecular weight excluding hydrogens is 241 g/mol. The maximum Gasteiger partial charge on any atom is 0.142 e. The molecule has 0 bridgehead atoms. The van der Waals surface area contributed by atoms with Crippen molar-refractivity contribution in [3.05, 3.63) is 58.7 Å². The second kappa shape index (κ2) is 5.49. The smallest absolute Gasteiger partial charge is 0.142 e. The van der Waals surface area contributed by atoms with Gasteiger partial charge in [0, 0.05) is 18.4 Å². The Hall–Kier alpha value is -2.41. The van der Waals surface area contributed by atoms with Gasteiger partial charge in [-0.25, -0.2) is 9.37 Å². The summed E-state index contributed by atoms with van der Waals surface area (Å²) in [6.07, 6.45) is 1.59. The van der Waals surface area contributed by atoms with Crippen LogP contribution in [-0.2, 0) is 6.54 Å². The normalized spacial score (nSPS) is 10.0. The molecule has 0 atom stereocenters. The van der Waals surface area contributed by atoms with E-state index >= 15 is 0 Å². The van der Waals surface area contributed by atoms with Crippen LogP contribution in [-0.4, -0.2) is 4.98 Å². The number of nitrogens with one attached hydrogen (secondary N) is 1. The van der Waals surface area contributed by atoms with Gasteiger partial charge in [-0.2, -0.15) is 5.26 Å². The first-order valence-corrected chi connectivity index (χ1v) is 5.96. The maximum absolute atomic E-state index is 13.5. The molecule has 0 aliphatic heterocycles. The van der Waals surface area contributed by atoms with Crippen molar-refractivity contribution < 1.29 is 4.39 Å². The lowest BCUT2D eigenvalue weighted by Gasteiger charge is -2.09. The Balaban J connectivity index is 2.12. The Kier molecular flexibility index (Phi) is 3.76. The zero-order valence-corrected chi connectivity index (χ0v) is 10.9. The highest BCUT2D eigenvalue weighted by molar-refractivity contribution is 5.46. The van der Waals surface area contributed by atoms with Crippen molar-refractivity contribution in [1.82, 2.24) is 4.98 Å². The van der Waals surface area contributed by atoms with Crippen LogP contribution in [0.1, 0.15) is 22.4 Å². The molecule has 0 aliphatic carbocycles. The summed E-state index contributed by atoms with van der Waals surface area (Å²) in [6.45, 7) is 4.09. The molecule has 0 saturated carbocycles. The lowest BCUT2D eigenvalue weighted by molar-refractivity contribution is 0.608. The van der Waals surface area contributed by atoms with Gasteiger partial charge in [0.15, 0.2) is 0 Å². The molecule has 0 radical (unpaired) electrons. The summed E-state index contributed by atoms with van der Waals surface area (Å²) in [7, 11) is 0. The molecule has 1 aromatic heterocycles. The van der Waals surface area contributed by atoms with Crippen LogP contribution in [0.4, 0.5) is 10.1 Å². The lowest BCUT2D eigenvalue weighted by atomic mass is 10.1. The van der Waals surface area contributed by atoms with Crippen LogP contribution in [0.2, 0.25) is 0 Å². The topological polar surface area (TPSA) is 48.7 Å². The van der Waals surface area contributed by atoms with Crippen LogP contribution in [0.5, 0.6) is 0 Å². The van der Waals surface area contributed by atoms with Gasteiger partial charge in [-0.05, 0) is 42.7 Å². The summed E-state index contributed by atoms with van der Waals surface area (Å²) >= 11 is 0. The van der Waals surface area contributed by atoms with Gasteiger partial charge in [-0.3, -0.25) is 0 Å². The zero-order chi connectivity index (χ0) is 13.8. The standard InChI is InChI=1S/C15H14FN3/c1-10-5-12(6-11(2)15(10)16)9-19-13-3-4-18-14(7-13)8-17/h3-7H,9H2,1-2H3,(H,18,19). The van der Waals surface area contributed by atoms with E-state index in [1.807, 2.05) is 18.2 Å². The molecule has 0 amide bonds. The summed E-state index contributed by atoms with van der Waals surface area (Å²) in [4.78, 5) is 3.90. The van der Waals surface area contributed by atoms with Gasteiger partial charge < -0.3 is 5.32 Å². The van der Waals surface area contributed by atoms with Crippen LogP contribution < -0.4 is 5.32 Å². The summed E-state index contributed by atoms with van der Waals surface area (Å²) in [6, 6.07) is 9.11. The molecule has 0 aliphatic rings. The number of halogens is 1. The van der Waals surface area contributed by atoms with Crippen molar-refractivity contribution in [2.45, 2.75) is 20.4 Å². The van der Waals surface area contributed by atoms with Crippen LogP contribution >= 0.6 is 0 Å². The molecule has 1 aromatic carbocycles. The third-order valence-corrected chi connectivity index (χ3v) is 2.87. The van der Waals surface area contributed by atoms with Crippen molar-refractivity contribution >= 4 is 5.69 Å². The molecule has 2 aromatic rings. The number of nitriles is 1. The first-order valence-electron chi connectivity index (χ1n) is 5.96. The molecule has 0 fully saturated rings. The third-order valence-electron chi connectivity index (χ3n) is 2.87. The predicted octanol–water partition coefficient (Wildman–Crippen LogP) is 3.32. The number of rotatable bonds is 3. The Labute approximate surface area is 111 Å². The van der Waals surface area contributed by atoms with E-state index in [0.717, 1.165) is 11.3 Å². The van der Waals surface area contributed by atoms with E-state index in [2.05, 4.69) is 10.3 Å². The van der Waals surface area contributed by atoms with Crippen molar-refractivity contribution in [3.8, 4) is 6.07 Å². The maximum atomic E-state index is 13.5. The monoisotopic (exact) mass is 255 g/mol. The van der Waals surface area contributed by atoms with Crippen molar-refractivity contribution in [2.75, 3.05) is 5.32 Å². The number of hydrogen-bond acceptors (Lipinski definition) is 3. The molecule has 1 N–H and O–H groups in total. The number of hydrogen-bond donors (Lipinski definition) is 1. The number of aromatic nitrogens is 1. The van der Waals surface area contributed by atoms with Gasteiger partial charge in [-0.15, -0.1) is 0 Å². The summed E-state index contributed by atoms with van der Waals surface area (Å²) in [5.41, 5.74) is 3.49. The molecule has 96 valence electrons. The Morgan fingerprint density at radius 3 is 2.58 bits per heavy atom. The molecule has 19 heavy (non-hydrogen) atoms. The van der Waals surface area contributed by atoms with E-state index in [1.165, 1.54) is 0 Å². The van der Waals surface area contributed by atoms with Gasteiger partial charge in [0.2, 0.25) is 0 Å².